The molecule has 0 aliphatic rings. The quantitative estimate of drug-likeness (QED) is 0.574. The monoisotopic (exact) mass is 217 g/mol. The third-order valence-electron chi connectivity index (χ3n) is 2.00. The van der Waals surface area contributed by atoms with Crippen LogP contribution in [0.4, 0.5) is 0 Å². The van der Waals surface area contributed by atoms with Gasteiger partial charge in [-0.1, -0.05) is 36.4 Å². The summed E-state index contributed by atoms with van der Waals surface area (Å²) in [6.07, 6.45) is 1.14. The summed E-state index contributed by atoms with van der Waals surface area (Å²) in [5.74, 6) is -0.448. The van der Waals surface area contributed by atoms with Gasteiger partial charge in [-0.3, -0.25) is 0 Å². The lowest BCUT2D eigenvalue weighted by Gasteiger charge is -2.00. The summed E-state index contributed by atoms with van der Waals surface area (Å²) in [5.41, 5.74) is 2.62. The van der Waals surface area contributed by atoms with Gasteiger partial charge in [0.25, 0.3) is 0 Å². The molecule has 0 aliphatic heterocycles. The second-order valence-electron chi connectivity index (χ2n) is 3.32. The fourth-order valence-electron chi connectivity index (χ4n) is 1.13. The Morgan fingerprint density at radius 2 is 2.06 bits per heavy atom. The number of aryl methyl sites for hydroxylation is 1. The Labute approximate surface area is 95.5 Å². The van der Waals surface area contributed by atoms with Crippen molar-refractivity contribution in [3.63, 3.8) is 0 Å². The third kappa shape index (κ3) is 3.69. The van der Waals surface area contributed by atoms with E-state index in [1.165, 1.54) is 5.56 Å². The van der Waals surface area contributed by atoms with Gasteiger partial charge in [0.05, 0.1) is 12.3 Å². The minimum Gasteiger partial charge on any atom is -0.462 e. The Bertz CT molecular complexity index is 404. The van der Waals surface area contributed by atoms with E-state index in [2.05, 4.69) is 11.6 Å². The van der Waals surface area contributed by atoms with E-state index in [1.54, 1.807) is 6.92 Å². The van der Waals surface area contributed by atoms with Crippen molar-refractivity contribution in [2.75, 3.05) is 6.61 Å². The topological polar surface area (TPSA) is 38.7 Å². The van der Waals surface area contributed by atoms with E-state index in [-0.39, 0.29) is 0 Å². The molecule has 3 nitrogen and oxygen atoms in total. The van der Waals surface area contributed by atoms with Crippen LogP contribution in [0.1, 0.15) is 18.1 Å². The zero-order chi connectivity index (χ0) is 12.0. The first-order valence-corrected chi connectivity index (χ1v) is 5.10. The number of hydrogen-bond acceptors (Lipinski definition) is 3. The molecule has 3 heteroatoms. The lowest BCUT2D eigenvalue weighted by Crippen LogP contribution is -2.04. The minimum atomic E-state index is -0.448. The number of benzene rings is 1. The summed E-state index contributed by atoms with van der Waals surface area (Å²) in [4.78, 5) is 15.0. The van der Waals surface area contributed by atoms with E-state index in [1.807, 2.05) is 31.2 Å². The lowest BCUT2D eigenvalue weighted by atomic mass is 10.1. The van der Waals surface area contributed by atoms with E-state index in [0.717, 1.165) is 11.8 Å². The van der Waals surface area contributed by atoms with Crippen LogP contribution in [0.25, 0.3) is 5.70 Å². The Balaban J connectivity index is 2.65. The van der Waals surface area contributed by atoms with Crippen LogP contribution in [0.3, 0.4) is 0 Å². The number of nitrogens with zero attached hydrogens (tertiary/aromatic N) is 1. The van der Waals surface area contributed by atoms with Gasteiger partial charge in [0.2, 0.25) is 0 Å². The van der Waals surface area contributed by atoms with Crippen LogP contribution in [0.5, 0.6) is 0 Å². The predicted molar refractivity (Wildman–Crippen MR) is 65.3 cm³/mol. The maximum Gasteiger partial charge on any atom is 0.349 e. The van der Waals surface area contributed by atoms with Gasteiger partial charge in [-0.15, -0.1) is 0 Å². The average molecular weight is 217 g/mol. The summed E-state index contributed by atoms with van der Waals surface area (Å²) in [5, 5.41) is 0. The third-order valence-corrected chi connectivity index (χ3v) is 2.00. The van der Waals surface area contributed by atoms with E-state index < -0.39 is 5.97 Å². The molecule has 0 aliphatic carbocycles. The number of carbonyl (C=O) groups excluding carboxylic acids is 1. The molecule has 0 radical (unpaired) electrons. The smallest absolute Gasteiger partial charge is 0.349 e. The molecule has 16 heavy (non-hydrogen) atoms. The van der Waals surface area contributed by atoms with Gasteiger partial charge in [0.1, 0.15) is 6.21 Å². The predicted octanol–water partition coefficient (Wildman–Crippen LogP) is 2.60. The van der Waals surface area contributed by atoms with Crippen molar-refractivity contribution in [2.24, 2.45) is 4.99 Å². The highest BCUT2D eigenvalue weighted by Gasteiger charge is 1.98. The largest absolute Gasteiger partial charge is 0.462 e. The van der Waals surface area contributed by atoms with Gasteiger partial charge in [0, 0.05) is 0 Å². The molecule has 0 heterocycles. The fraction of sp³-hybridized carbons (Fsp3) is 0.231. The van der Waals surface area contributed by atoms with Crippen molar-refractivity contribution in [3.05, 3.63) is 42.0 Å². The van der Waals surface area contributed by atoms with Crippen molar-refractivity contribution in [3.8, 4) is 0 Å². The Kier molecular flexibility index (Phi) is 4.45. The molecule has 0 fully saturated rings. The van der Waals surface area contributed by atoms with Gasteiger partial charge in [-0.2, -0.15) is 0 Å². The van der Waals surface area contributed by atoms with Crippen LogP contribution >= 0.6 is 0 Å². The molecule has 1 aromatic carbocycles. The van der Waals surface area contributed by atoms with Crippen LogP contribution in [-0.4, -0.2) is 18.8 Å². The summed E-state index contributed by atoms with van der Waals surface area (Å²) in [6, 6.07) is 7.78. The molecule has 0 bridgehead atoms. The summed E-state index contributed by atoms with van der Waals surface area (Å²) in [6.45, 7) is 7.89. The molecule has 0 aromatic heterocycles. The Morgan fingerprint density at radius 3 is 2.62 bits per heavy atom. The van der Waals surface area contributed by atoms with Crippen LogP contribution in [0.15, 0.2) is 35.8 Å². The second kappa shape index (κ2) is 5.85. The molecule has 0 unspecified atom stereocenters. The van der Waals surface area contributed by atoms with Crippen molar-refractivity contribution >= 4 is 17.9 Å². The molecule has 0 saturated carbocycles. The van der Waals surface area contributed by atoms with Crippen LogP contribution in [0, 0.1) is 6.92 Å². The van der Waals surface area contributed by atoms with E-state index >= 15 is 0 Å². The number of carbonyl (C=O) groups is 1. The molecule has 0 amide bonds. The summed E-state index contributed by atoms with van der Waals surface area (Å²) >= 11 is 0. The maximum absolute atomic E-state index is 11.0. The Hall–Kier alpha value is -1.90. The highest BCUT2D eigenvalue weighted by molar-refractivity contribution is 6.24. The molecule has 0 spiro atoms. The van der Waals surface area contributed by atoms with Gasteiger partial charge < -0.3 is 4.74 Å². The summed E-state index contributed by atoms with van der Waals surface area (Å²) < 4.78 is 4.72. The number of esters is 1. The Morgan fingerprint density at radius 1 is 1.44 bits per heavy atom. The van der Waals surface area contributed by atoms with E-state index in [9.17, 15) is 4.79 Å². The second-order valence-corrected chi connectivity index (χ2v) is 3.32. The average Bonchev–Trinajstić information content (AvgIpc) is 2.27. The van der Waals surface area contributed by atoms with Gasteiger partial charge in [-0.05, 0) is 19.4 Å². The van der Waals surface area contributed by atoms with Crippen molar-refractivity contribution in [1.29, 1.82) is 0 Å². The lowest BCUT2D eigenvalue weighted by molar-refractivity contribution is -0.134. The molecule has 1 aromatic rings. The molecule has 1 rings (SSSR count). The molecular weight excluding hydrogens is 202 g/mol. The number of aliphatic imine (C=N–C) groups is 1. The van der Waals surface area contributed by atoms with Crippen molar-refractivity contribution in [2.45, 2.75) is 13.8 Å². The fourth-order valence-corrected chi connectivity index (χ4v) is 1.13. The van der Waals surface area contributed by atoms with Crippen LogP contribution < -0.4 is 0 Å². The van der Waals surface area contributed by atoms with Crippen molar-refractivity contribution in [1.82, 2.24) is 0 Å². The summed E-state index contributed by atoms with van der Waals surface area (Å²) in [7, 11) is 0. The zero-order valence-corrected chi connectivity index (χ0v) is 9.56. The van der Waals surface area contributed by atoms with Gasteiger partial charge in [-0.25, -0.2) is 9.79 Å². The van der Waals surface area contributed by atoms with Crippen molar-refractivity contribution < 1.29 is 9.53 Å². The first-order chi connectivity index (χ1) is 7.63. The van der Waals surface area contributed by atoms with E-state index in [0.29, 0.717) is 12.3 Å². The van der Waals surface area contributed by atoms with Gasteiger partial charge in [0.15, 0.2) is 0 Å². The standard InChI is InChI=1S/C13H15NO2/c1-4-16-13(15)9-14-11(3)12-7-5-10(2)6-8-12/h5-9H,3-4H2,1-2H3. The first kappa shape index (κ1) is 12.2. The normalized spacial score (nSPS) is 10.4. The molecule has 0 atom stereocenters. The molecular formula is C13H15NO2. The molecule has 84 valence electrons. The number of rotatable bonds is 4. The highest BCUT2D eigenvalue weighted by Crippen LogP contribution is 2.13. The SMILES string of the molecule is C=C(N=CC(=O)OCC)c1ccc(C)cc1. The molecule has 0 saturated heterocycles. The zero-order valence-electron chi connectivity index (χ0n) is 9.56. The van der Waals surface area contributed by atoms with E-state index in [4.69, 9.17) is 4.74 Å². The highest BCUT2D eigenvalue weighted by atomic mass is 16.5. The molecule has 0 N–H and O–H groups in total. The number of ether oxygens (including phenoxy) is 1. The minimum absolute atomic E-state index is 0.349. The van der Waals surface area contributed by atoms with Gasteiger partial charge >= 0.3 is 5.97 Å². The van der Waals surface area contributed by atoms with Crippen LogP contribution in [-0.2, 0) is 9.53 Å². The maximum atomic E-state index is 11.0. The number of hydrogen-bond donors (Lipinski definition) is 0. The first-order valence-electron chi connectivity index (χ1n) is 5.10. The van der Waals surface area contributed by atoms with Crippen LogP contribution in [0.2, 0.25) is 0 Å².